The Hall–Kier alpha value is -2.73. The molecule has 164 valence electrons. The largest absolute Gasteiger partial charge is 0.381 e. The van der Waals surface area contributed by atoms with E-state index in [1.165, 1.54) is 6.07 Å². The highest BCUT2D eigenvalue weighted by molar-refractivity contribution is 7.13. The molecule has 3 heterocycles. The fourth-order valence-electron chi connectivity index (χ4n) is 3.90. The van der Waals surface area contributed by atoms with Gasteiger partial charge in [0.2, 0.25) is 0 Å². The summed E-state index contributed by atoms with van der Waals surface area (Å²) < 4.78 is 30.0. The van der Waals surface area contributed by atoms with Crippen molar-refractivity contribution >= 4 is 17.7 Å². The summed E-state index contributed by atoms with van der Waals surface area (Å²) in [6.45, 7) is 3.00. The lowest BCUT2D eigenvalue weighted by Crippen LogP contribution is -2.57. The first kappa shape index (κ1) is 21.5. The number of halogens is 2. The number of hydrazine groups is 1. The standard InChI is InChI=1S/C20H23F2N7OS/c1-13(20(30,11-28(24)12-23)15-5-4-14(21)9-16(15)22)27-6-7-29-18(10-27)25-19(26-29)17-3-2-8-31-17/h2-5,8-9,12-13,23,30H,6-7,10-11,24H2,1H3. The van der Waals surface area contributed by atoms with Crippen LogP contribution in [0.5, 0.6) is 0 Å². The van der Waals surface area contributed by atoms with Gasteiger partial charge < -0.3 is 5.11 Å². The Morgan fingerprint density at radius 1 is 1.39 bits per heavy atom. The Morgan fingerprint density at radius 3 is 2.87 bits per heavy atom. The number of aromatic nitrogens is 3. The second-order valence-corrected chi connectivity index (χ2v) is 8.50. The van der Waals surface area contributed by atoms with Crippen LogP contribution < -0.4 is 5.84 Å². The molecule has 0 saturated heterocycles. The van der Waals surface area contributed by atoms with Gasteiger partial charge in [-0.1, -0.05) is 12.1 Å². The number of thiophene rings is 1. The van der Waals surface area contributed by atoms with Crippen LogP contribution in [-0.4, -0.2) is 55.2 Å². The van der Waals surface area contributed by atoms with E-state index in [4.69, 9.17) is 11.3 Å². The molecule has 3 aromatic rings. The minimum absolute atomic E-state index is 0.0787. The zero-order chi connectivity index (χ0) is 22.2. The number of rotatable bonds is 7. The first-order chi connectivity index (χ1) is 14.8. The summed E-state index contributed by atoms with van der Waals surface area (Å²) in [6.07, 6.45) is 0.846. The zero-order valence-corrected chi connectivity index (χ0v) is 17.7. The van der Waals surface area contributed by atoms with E-state index in [0.29, 0.717) is 25.5 Å². The third kappa shape index (κ3) is 4.09. The van der Waals surface area contributed by atoms with E-state index in [-0.39, 0.29) is 12.1 Å². The molecule has 1 aromatic carbocycles. The van der Waals surface area contributed by atoms with Gasteiger partial charge in [0.25, 0.3) is 0 Å². The molecule has 1 aliphatic heterocycles. The molecular formula is C20H23F2N7OS. The van der Waals surface area contributed by atoms with Gasteiger partial charge in [0.1, 0.15) is 23.1 Å². The van der Waals surface area contributed by atoms with E-state index in [1.807, 2.05) is 27.1 Å². The molecule has 0 aliphatic carbocycles. The van der Waals surface area contributed by atoms with Gasteiger partial charge >= 0.3 is 0 Å². The predicted octanol–water partition coefficient (Wildman–Crippen LogP) is 2.16. The van der Waals surface area contributed by atoms with Gasteiger partial charge in [-0.15, -0.1) is 16.4 Å². The molecule has 2 unspecified atom stereocenters. The highest BCUT2D eigenvalue weighted by Crippen LogP contribution is 2.33. The Balaban J connectivity index is 1.64. The number of aliphatic hydroxyl groups is 1. The maximum Gasteiger partial charge on any atom is 0.191 e. The van der Waals surface area contributed by atoms with Crippen molar-refractivity contribution in [3.8, 4) is 10.7 Å². The topological polar surface area (TPSA) is 107 Å². The third-order valence-corrected chi connectivity index (χ3v) is 6.53. The van der Waals surface area contributed by atoms with Crippen LogP contribution in [0.15, 0.2) is 35.7 Å². The highest BCUT2D eigenvalue weighted by Gasteiger charge is 2.43. The fraction of sp³-hybridized carbons (Fsp3) is 0.350. The molecule has 0 spiro atoms. The third-order valence-electron chi connectivity index (χ3n) is 5.66. The van der Waals surface area contributed by atoms with Gasteiger partial charge in [-0.05, 0) is 24.4 Å². The minimum atomic E-state index is -1.80. The molecule has 0 amide bonds. The van der Waals surface area contributed by atoms with Crippen LogP contribution in [0.25, 0.3) is 10.7 Å². The number of hydrogen-bond donors (Lipinski definition) is 3. The van der Waals surface area contributed by atoms with Crippen molar-refractivity contribution in [1.82, 2.24) is 24.7 Å². The summed E-state index contributed by atoms with van der Waals surface area (Å²) in [7, 11) is 0. The number of hydrogen-bond acceptors (Lipinski definition) is 7. The first-order valence-corrected chi connectivity index (χ1v) is 10.6. The number of benzene rings is 1. The summed E-state index contributed by atoms with van der Waals surface area (Å²) in [5.74, 6) is 5.55. The summed E-state index contributed by atoms with van der Waals surface area (Å²) >= 11 is 1.56. The van der Waals surface area contributed by atoms with Crippen LogP contribution in [0, 0.1) is 17.0 Å². The molecule has 31 heavy (non-hydrogen) atoms. The maximum absolute atomic E-state index is 14.7. The summed E-state index contributed by atoms with van der Waals surface area (Å²) in [4.78, 5) is 7.56. The Labute approximate surface area is 182 Å². The zero-order valence-electron chi connectivity index (χ0n) is 16.9. The van der Waals surface area contributed by atoms with Crippen molar-refractivity contribution in [2.75, 3.05) is 13.1 Å². The van der Waals surface area contributed by atoms with Crippen molar-refractivity contribution in [3.05, 3.63) is 58.7 Å². The molecular weight excluding hydrogens is 424 g/mol. The van der Waals surface area contributed by atoms with E-state index < -0.39 is 23.3 Å². The fourth-order valence-corrected chi connectivity index (χ4v) is 4.56. The Bertz CT molecular complexity index is 1070. The second-order valence-electron chi connectivity index (χ2n) is 7.55. The number of nitrogens with zero attached hydrogens (tertiary/aromatic N) is 5. The monoisotopic (exact) mass is 447 g/mol. The van der Waals surface area contributed by atoms with Crippen molar-refractivity contribution in [2.45, 2.75) is 31.7 Å². The number of nitrogens with two attached hydrogens (primary N) is 1. The molecule has 4 N–H and O–H groups in total. The van der Waals surface area contributed by atoms with Crippen molar-refractivity contribution < 1.29 is 13.9 Å². The van der Waals surface area contributed by atoms with Gasteiger partial charge in [0.15, 0.2) is 5.82 Å². The van der Waals surface area contributed by atoms with Crippen LogP contribution >= 0.6 is 11.3 Å². The molecule has 8 nitrogen and oxygen atoms in total. The van der Waals surface area contributed by atoms with Crippen LogP contribution in [-0.2, 0) is 18.7 Å². The average Bonchev–Trinajstić information content (AvgIpc) is 3.41. The van der Waals surface area contributed by atoms with Gasteiger partial charge in [-0.2, -0.15) is 0 Å². The number of fused-ring (bicyclic) bond motifs is 1. The molecule has 2 aromatic heterocycles. The van der Waals surface area contributed by atoms with Gasteiger partial charge in [-0.3, -0.25) is 15.3 Å². The van der Waals surface area contributed by atoms with Gasteiger partial charge in [-0.25, -0.2) is 24.3 Å². The van der Waals surface area contributed by atoms with Crippen LogP contribution in [0.2, 0.25) is 0 Å². The van der Waals surface area contributed by atoms with Crippen LogP contribution in [0.4, 0.5) is 8.78 Å². The Kier molecular flexibility index (Phi) is 5.84. The lowest BCUT2D eigenvalue weighted by molar-refractivity contribution is -0.0684. The average molecular weight is 448 g/mol. The Morgan fingerprint density at radius 2 is 2.19 bits per heavy atom. The molecule has 0 bridgehead atoms. The molecule has 1 aliphatic rings. The highest BCUT2D eigenvalue weighted by atomic mass is 32.1. The smallest absolute Gasteiger partial charge is 0.191 e. The van der Waals surface area contributed by atoms with Crippen molar-refractivity contribution in [3.63, 3.8) is 0 Å². The van der Waals surface area contributed by atoms with Crippen molar-refractivity contribution in [2.24, 2.45) is 5.84 Å². The van der Waals surface area contributed by atoms with Crippen molar-refractivity contribution in [1.29, 1.82) is 5.41 Å². The van der Waals surface area contributed by atoms with E-state index in [0.717, 1.165) is 34.2 Å². The summed E-state index contributed by atoms with van der Waals surface area (Å²) in [5, 5.41) is 26.5. The summed E-state index contributed by atoms with van der Waals surface area (Å²) in [5.41, 5.74) is -1.88. The van der Waals surface area contributed by atoms with Gasteiger partial charge in [0, 0.05) is 24.2 Å². The van der Waals surface area contributed by atoms with Crippen LogP contribution in [0.3, 0.4) is 0 Å². The van der Waals surface area contributed by atoms with E-state index >= 15 is 0 Å². The summed E-state index contributed by atoms with van der Waals surface area (Å²) in [6, 6.07) is 6.33. The van der Waals surface area contributed by atoms with E-state index in [1.54, 1.807) is 18.3 Å². The maximum atomic E-state index is 14.7. The lowest BCUT2D eigenvalue weighted by Gasteiger charge is -2.43. The quantitative estimate of drug-likeness (QED) is 0.222. The molecule has 0 fully saturated rings. The lowest BCUT2D eigenvalue weighted by atomic mass is 9.85. The SMILES string of the molecule is CC(N1CCn2nc(-c3cccs3)nc2C1)C(O)(CN(N)C=N)c1ccc(F)cc1F. The van der Waals surface area contributed by atoms with Crippen LogP contribution in [0.1, 0.15) is 18.3 Å². The minimum Gasteiger partial charge on any atom is -0.381 e. The van der Waals surface area contributed by atoms with Gasteiger partial charge in [0.05, 0.1) is 30.8 Å². The van der Waals surface area contributed by atoms with E-state index in [9.17, 15) is 13.9 Å². The second kappa shape index (κ2) is 8.42. The molecule has 0 radical (unpaired) electrons. The molecule has 11 heteroatoms. The number of nitrogens with one attached hydrogen (secondary N) is 1. The normalized spacial score (nSPS) is 17.1. The first-order valence-electron chi connectivity index (χ1n) is 9.73. The molecule has 0 saturated carbocycles. The molecule has 2 atom stereocenters. The molecule has 4 rings (SSSR count). The van der Waals surface area contributed by atoms with E-state index in [2.05, 4.69) is 10.1 Å². The predicted molar refractivity (Wildman–Crippen MR) is 113 cm³/mol.